The van der Waals surface area contributed by atoms with Crippen LogP contribution >= 0.6 is 22.9 Å². The lowest BCUT2D eigenvalue weighted by Gasteiger charge is -2.09. The fraction of sp³-hybridized carbons (Fsp3) is 0.143. The molecule has 0 saturated heterocycles. The minimum atomic E-state index is -0.465. The summed E-state index contributed by atoms with van der Waals surface area (Å²) >= 11 is 6.97. The van der Waals surface area contributed by atoms with Gasteiger partial charge in [-0.3, -0.25) is 4.79 Å². The molecule has 6 heteroatoms. The van der Waals surface area contributed by atoms with Gasteiger partial charge in [-0.25, -0.2) is 4.79 Å². The number of thiophene rings is 1. The Bertz CT molecular complexity index is 639. The van der Waals surface area contributed by atoms with E-state index >= 15 is 0 Å². The second-order valence-electron chi connectivity index (χ2n) is 3.82. The summed E-state index contributed by atoms with van der Waals surface area (Å²) in [6, 6.07) is 9.99. The summed E-state index contributed by atoms with van der Waals surface area (Å²) in [5.41, 5.74) is 0.742. The van der Waals surface area contributed by atoms with Gasteiger partial charge in [0.15, 0.2) is 0 Å². The summed E-state index contributed by atoms with van der Waals surface area (Å²) < 4.78 is 5.49. The smallest absolute Gasteiger partial charge is 0.340 e. The molecule has 20 heavy (non-hydrogen) atoms. The van der Waals surface area contributed by atoms with Crippen molar-refractivity contribution in [3.8, 4) is 0 Å². The summed E-state index contributed by atoms with van der Waals surface area (Å²) in [4.78, 5) is 24.3. The first kappa shape index (κ1) is 14.6. The van der Waals surface area contributed by atoms with Crippen molar-refractivity contribution >= 4 is 40.5 Å². The maximum atomic E-state index is 12.0. The first-order chi connectivity index (χ1) is 9.61. The summed E-state index contributed by atoms with van der Waals surface area (Å²) in [6.45, 7) is 2.01. The first-order valence-corrected chi connectivity index (χ1v) is 7.14. The molecule has 2 rings (SSSR count). The molecule has 0 unspecified atom stereocenters. The number of nitrogens with one attached hydrogen (secondary N) is 1. The van der Waals surface area contributed by atoms with Crippen molar-refractivity contribution in [3.05, 3.63) is 51.2 Å². The number of hydrogen-bond acceptors (Lipinski definition) is 4. The molecule has 0 aliphatic heterocycles. The van der Waals surface area contributed by atoms with Crippen molar-refractivity contribution in [1.82, 2.24) is 0 Å². The molecule has 0 bridgehead atoms. The fourth-order valence-corrected chi connectivity index (χ4v) is 2.54. The van der Waals surface area contributed by atoms with E-state index in [1.165, 1.54) is 11.3 Å². The van der Waals surface area contributed by atoms with E-state index in [-0.39, 0.29) is 12.5 Å². The SMILES string of the molecule is CCOC(=O)c1ccccc1NC(=O)c1ccc(Cl)s1. The third kappa shape index (κ3) is 3.37. The van der Waals surface area contributed by atoms with Gasteiger partial charge in [-0.15, -0.1) is 11.3 Å². The van der Waals surface area contributed by atoms with Gasteiger partial charge in [0.05, 0.1) is 27.1 Å². The Balaban J connectivity index is 2.21. The highest BCUT2D eigenvalue weighted by molar-refractivity contribution is 7.18. The molecule has 0 saturated carbocycles. The van der Waals surface area contributed by atoms with Crippen molar-refractivity contribution < 1.29 is 14.3 Å². The van der Waals surface area contributed by atoms with Crippen molar-refractivity contribution in [2.24, 2.45) is 0 Å². The molecule has 104 valence electrons. The molecule has 2 aromatic rings. The summed E-state index contributed by atoms with van der Waals surface area (Å²) in [6.07, 6.45) is 0. The number of ether oxygens (including phenoxy) is 1. The quantitative estimate of drug-likeness (QED) is 0.873. The van der Waals surface area contributed by atoms with E-state index in [1.807, 2.05) is 0 Å². The average Bonchev–Trinajstić information content (AvgIpc) is 2.86. The zero-order valence-electron chi connectivity index (χ0n) is 10.7. The zero-order chi connectivity index (χ0) is 14.5. The van der Waals surface area contributed by atoms with Crippen molar-refractivity contribution in [2.45, 2.75) is 6.92 Å². The highest BCUT2D eigenvalue weighted by Gasteiger charge is 2.15. The average molecular weight is 310 g/mol. The topological polar surface area (TPSA) is 55.4 Å². The minimum absolute atomic E-state index is 0.279. The van der Waals surface area contributed by atoms with Crippen LogP contribution in [0.4, 0.5) is 5.69 Å². The van der Waals surface area contributed by atoms with E-state index in [0.29, 0.717) is 20.5 Å². The van der Waals surface area contributed by atoms with E-state index in [1.54, 1.807) is 43.3 Å². The molecule has 1 heterocycles. The maximum absolute atomic E-state index is 12.0. The number of para-hydroxylation sites is 1. The predicted octanol–water partition coefficient (Wildman–Crippen LogP) is 3.83. The Hall–Kier alpha value is -1.85. The summed E-state index contributed by atoms with van der Waals surface area (Å²) in [5, 5.41) is 2.69. The number of benzene rings is 1. The van der Waals surface area contributed by atoms with Crippen molar-refractivity contribution in [1.29, 1.82) is 0 Å². The van der Waals surface area contributed by atoms with Crippen LogP contribution in [0.1, 0.15) is 27.0 Å². The number of rotatable bonds is 4. The molecular weight excluding hydrogens is 298 g/mol. The first-order valence-electron chi connectivity index (χ1n) is 5.94. The highest BCUT2D eigenvalue weighted by Crippen LogP contribution is 2.23. The Labute approximate surface area is 125 Å². The third-order valence-electron chi connectivity index (χ3n) is 2.47. The van der Waals surface area contributed by atoms with Gasteiger partial charge in [0.1, 0.15) is 0 Å². The van der Waals surface area contributed by atoms with Crippen LogP contribution in [0.3, 0.4) is 0 Å². The van der Waals surface area contributed by atoms with Gasteiger partial charge >= 0.3 is 5.97 Å². The molecule has 4 nitrogen and oxygen atoms in total. The number of amides is 1. The second-order valence-corrected chi connectivity index (χ2v) is 5.54. The Morgan fingerprint density at radius 2 is 2.00 bits per heavy atom. The Morgan fingerprint density at radius 3 is 2.65 bits per heavy atom. The normalized spacial score (nSPS) is 10.1. The highest BCUT2D eigenvalue weighted by atomic mass is 35.5. The molecule has 1 aromatic carbocycles. The molecule has 1 aromatic heterocycles. The van der Waals surface area contributed by atoms with Crippen LogP contribution in [0, 0.1) is 0 Å². The molecule has 0 atom stereocenters. The lowest BCUT2D eigenvalue weighted by molar-refractivity contribution is 0.0527. The van der Waals surface area contributed by atoms with Crippen LogP contribution in [0.15, 0.2) is 36.4 Å². The van der Waals surface area contributed by atoms with Gasteiger partial charge in [0.25, 0.3) is 5.91 Å². The van der Waals surface area contributed by atoms with E-state index in [9.17, 15) is 9.59 Å². The number of carbonyl (C=O) groups excluding carboxylic acids is 2. The van der Waals surface area contributed by atoms with E-state index < -0.39 is 5.97 Å². The summed E-state index contributed by atoms with van der Waals surface area (Å²) in [7, 11) is 0. The predicted molar refractivity (Wildman–Crippen MR) is 79.7 cm³/mol. The van der Waals surface area contributed by atoms with Gasteiger partial charge in [-0.1, -0.05) is 23.7 Å². The fourth-order valence-electron chi connectivity index (χ4n) is 1.60. The van der Waals surface area contributed by atoms with Crippen LogP contribution < -0.4 is 5.32 Å². The molecule has 0 radical (unpaired) electrons. The molecular formula is C14H12ClNO3S. The van der Waals surface area contributed by atoms with E-state index in [0.717, 1.165) is 0 Å². The van der Waals surface area contributed by atoms with Crippen LogP contribution in [0.25, 0.3) is 0 Å². The van der Waals surface area contributed by atoms with Gasteiger partial charge in [-0.05, 0) is 31.2 Å². The number of hydrogen-bond donors (Lipinski definition) is 1. The second kappa shape index (κ2) is 6.54. The molecule has 0 aliphatic rings. The van der Waals surface area contributed by atoms with Gasteiger partial charge in [0, 0.05) is 0 Å². The third-order valence-corrected chi connectivity index (χ3v) is 3.70. The van der Waals surface area contributed by atoms with Crippen molar-refractivity contribution in [2.75, 3.05) is 11.9 Å². The van der Waals surface area contributed by atoms with Crippen LogP contribution in [-0.2, 0) is 4.74 Å². The van der Waals surface area contributed by atoms with Crippen molar-refractivity contribution in [3.63, 3.8) is 0 Å². The van der Waals surface area contributed by atoms with E-state index in [4.69, 9.17) is 16.3 Å². The number of carbonyl (C=O) groups is 2. The summed E-state index contributed by atoms with van der Waals surface area (Å²) in [5.74, 6) is -0.772. The number of anilines is 1. The Morgan fingerprint density at radius 1 is 1.25 bits per heavy atom. The lowest BCUT2D eigenvalue weighted by Crippen LogP contribution is -2.14. The number of esters is 1. The molecule has 0 fully saturated rings. The Kier molecular flexibility index (Phi) is 4.76. The molecule has 1 amide bonds. The van der Waals surface area contributed by atoms with Gasteiger partial charge in [-0.2, -0.15) is 0 Å². The standard InChI is InChI=1S/C14H12ClNO3S/c1-2-19-14(18)9-5-3-4-6-10(9)16-13(17)11-7-8-12(15)20-11/h3-8H,2H2,1H3,(H,16,17). The maximum Gasteiger partial charge on any atom is 0.340 e. The van der Waals surface area contributed by atoms with E-state index in [2.05, 4.69) is 5.32 Å². The monoisotopic (exact) mass is 309 g/mol. The largest absolute Gasteiger partial charge is 0.462 e. The number of halogens is 1. The molecule has 0 spiro atoms. The molecule has 1 N–H and O–H groups in total. The van der Waals surface area contributed by atoms with Gasteiger partial charge < -0.3 is 10.1 Å². The van der Waals surface area contributed by atoms with Crippen LogP contribution in [-0.4, -0.2) is 18.5 Å². The van der Waals surface area contributed by atoms with Gasteiger partial charge in [0.2, 0.25) is 0 Å². The zero-order valence-corrected chi connectivity index (χ0v) is 12.3. The van der Waals surface area contributed by atoms with Crippen LogP contribution in [0.2, 0.25) is 4.34 Å². The minimum Gasteiger partial charge on any atom is -0.462 e. The molecule has 0 aliphatic carbocycles. The lowest BCUT2D eigenvalue weighted by atomic mass is 10.2. The van der Waals surface area contributed by atoms with Crippen LogP contribution in [0.5, 0.6) is 0 Å².